The predicted molar refractivity (Wildman–Crippen MR) is 155 cm³/mol. The van der Waals surface area contributed by atoms with Gasteiger partial charge in [0.15, 0.2) is 0 Å². The Kier molecular flexibility index (Phi) is 7.54. The molecule has 2 fully saturated rings. The van der Waals surface area contributed by atoms with Gasteiger partial charge in [-0.3, -0.25) is 29.0 Å². The van der Waals surface area contributed by atoms with Crippen molar-refractivity contribution in [2.45, 2.75) is 116 Å². The Bertz CT molecular complexity index is 1180. The van der Waals surface area contributed by atoms with E-state index in [-0.39, 0.29) is 35.7 Å². The van der Waals surface area contributed by atoms with Gasteiger partial charge in [-0.2, -0.15) is 0 Å². The first-order chi connectivity index (χ1) is 19.5. The average Bonchev–Trinajstić information content (AvgIpc) is 2.99. The van der Waals surface area contributed by atoms with Crippen molar-refractivity contribution >= 4 is 34.4 Å². The lowest BCUT2D eigenvalue weighted by Crippen LogP contribution is -2.52. The number of carbonyl (C=O) groups excluding carboxylic acids is 4. The SMILES string of the molecule is CCCC(C1CCCCC1)N1C(=O)c2ccc3c4c(ccc(c24)C1=O)C(=O)N(C(CCC)C1CCCCC1)C3=O. The lowest BCUT2D eigenvalue weighted by molar-refractivity contribution is 0.0417. The fourth-order valence-corrected chi connectivity index (χ4v) is 8.30. The molecule has 0 N–H and O–H groups in total. The summed E-state index contributed by atoms with van der Waals surface area (Å²) in [6.45, 7) is 4.21. The van der Waals surface area contributed by atoms with Gasteiger partial charge in [-0.1, -0.05) is 65.2 Å². The summed E-state index contributed by atoms with van der Waals surface area (Å²) in [5.74, 6) is -0.472. The number of hydrogen-bond acceptors (Lipinski definition) is 4. The van der Waals surface area contributed by atoms with E-state index < -0.39 is 0 Å². The van der Waals surface area contributed by atoms with Gasteiger partial charge >= 0.3 is 0 Å². The lowest BCUT2D eigenvalue weighted by atomic mass is 9.78. The zero-order valence-electron chi connectivity index (χ0n) is 24.0. The van der Waals surface area contributed by atoms with Crippen molar-refractivity contribution in [2.75, 3.05) is 0 Å². The third-order valence-electron chi connectivity index (χ3n) is 10.2. The van der Waals surface area contributed by atoms with Crippen LogP contribution in [0, 0.1) is 11.8 Å². The van der Waals surface area contributed by atoms with Gasteiger partial charge in [0.05, 0.1) is 0 Å². The molecule has 40 heavy (non-hydrogen) atoms. The van der Waals surface area contributed by atoms with Crippen LogP contribution in [0.3, 0.4) is 0 Å². The van der Waals surface area contributed by atoms with Crippen molar-refractivity contribution in [2.24, 2.45) is 11.8 Å². The molecule has 2 heterocycles. The fourth-order valence-electron chi connectivity index (χ4n) is 8.30. The maximum absolute atomic E-state index is 14.1. The van der Waals surface area contributed by atoms with Gasteiger partial charge in [0.25, 0.3) is 23.6 Å². The summed E-state index contributed by atoms with van der Waals surface area (Å²) >= 11 is 0. The first kappa shape index (κ1) is 27.2. The highest BCUT2D eigenvalue weighted by Crippen LogP contribution is 2.42. The monoisotopic (exact) mass is 542 g/mol. The summed E-state index contributed by atoms with van der Waals surface area (Å²) in [6.07, 6.45) is 14.5. The van der Waals surface area contributed by atoms with Crippen LogP contribution >= 0.6 is 0 Å². The number of imide groups is 2. The third kappa shape index (κ3) is 4.29. The molecule has 2 aromatic carbocycles. The minimum absolute atomic E-state index is 0.121. The highest BCUT2D eigenvalue weighted by molar-refractivity contribution is 6.33. The number of amides is 4. The van der Waals surface area contributed by atoms with Crippen molar-refractivity contribution in [3.8, 4) is 0 Å². The van der Waals surface area contributed by atoms with Crippen LogP contribution in [0.2, 0.25) is 0 Å². The molecule has 0 radical (unpaired) electrons. The van der Waals surface area contributed by atoms with E-state index >= 15 is 0 Å². The van der Waals surface area contributed by atoms with Crippen LogP contribution in [-0.2, 0) is 0 Å². The van der Waals surface area contributed by atoms with Gasteiger partial charge in [-0.15, -0.1) is 0 Å². The lowest BCUT2D eigenvalue weighted by Gasteiger charge is -2.41. The van der Waals surface area contributed by atoms with Crippen molar-refractivity contribution in [3.63, 3.8) is 0 Å². The standard InChI is InChI=1S/C34H42N2O4/c1-3-11-27(21-13-7-5-8-14-21)35-31(37)23-17-19-25-30-26(20-18-24(29(23)30)32(35)38)34(40)36(33(25)39)28(12-4-2)22-15-9-6-10-16-22/h17-22,27-28H,3-16H2,1-2H3. The molecule has 2 unspecified atom stereocenters. The largest absolute Gasteiger partial charge is 0.271 e. The normalized spacial score (nSPS) is 21.9. The zero-order chi connectivity index (χ0) is 28.0. The minimum Gasteiger partial charge on any atom is -0.271 e. The molecule has 6 heteroatoms. The van der Waals surface area contributed by atoms with E-state index in [2.05, 4.69) is 13.8 Å². The molecule has 2 saturated carbocycles. The van der Waals surface area contributed by atoms with Crippen molar-refractivity contribution < 1.29 is 19.2 Å². The minimum atomic E-state index is -0.279. The maximum Gasteiger partial charge on any atom is 0.261 e. The Morgan fingerprint density at radius 2 is 0.850 bits per heavy atom. The highest BCUT2D eigenvalue weighted by Gasteiger charge is 2.45. The van der Waals surface area contributed by atoms with Crippen LogP contribution < -0.4 is 0 Å². The molecule has 2 aliphatic carbocycles. The van der Waals surface area contributed by atoms with Crippen LogP contribution in [-0.4, -0.2) is 45.5 Å². The van der Waals surface area contributed by atoms with Crippen LogP contribution in [0.15, 0.2) is 24.3 Å². The average molecular weight is 543 g/mol. The molecule has 0 saturated heterocycles. The Balaban J connectivity index is 1.42. The summed E-state index contributed by atoms with van der Waals surface area (Å²) in [5.41, 5.74) is 1.77. The summed E-state index contributed by atoms with van der Waals surface area (Å²) in [5, 5.41) is 0.984. The number of rotatable bonds is 8. The first-order valence-electron chi connectivity index (χ1n) is 15.8. The number of hydrogen-bond donors (Lipinski definition) is 0. The van der Waals surface area contributed by atoms with Crippen molar-refractivity contribution in [3.05, 3.63) is 46.5 Å². The summed E-state index contributed by atoms with van der Waals surface area (Å²) in [4.78, 5) is 59.3. The van der Waals surface area contributed by atoms with E-state index in [4.69, 9.17) is 0 Å². The molecule has 0 spiro atoms. The number of benzene rings is 2. The third-order valence-corrected chi connectivity index (χ3v) is 10.2. The predicted octanol–water partition coefficient (Wildman–Crippen LogP) is 7.53. The van der Waals surface area contributed by atoms with Crippen LogP contribution in [0.25, 0.3) is 10.8 Å². The van der Waals surface area contributed by atoms with E-state index in [9.17, 15) is 19.2 Å². The summed E-state index contributed by atoms with van der Waals surface area (Å²) in [7, 11) is 0. The Morgan fingerprint density at radius 3 is 1.12 bits per heavy atom. The molecule has 2 aliphatic heterocycles. The Hall–Kier alpha value is -3.02. The Labute approximate surface area is 237 Å². The second-order valence-corrected chi connectivity index (χ2v) is 12.5. The molecule has 0 bridgehead atoms. The maximum atomic E-state index is 14.1. The second-order valence-electron chi connectivity index (χ2n) is 12.5. The Morgan fingerprint density at radius 1 is 0.550 bits per heavy atom. The summed E-state index contributed by atoms with van der Waals surface area (Å²) in [6, 6.07) is 6.70. The molecule has 212 valence electrons. The molecule has 6 nitrogen and oxygen atoms in total. The smallest absolute Gasteiger partial charge is 0.261 e. The molecule has 4 aliphatic rings. The number of nitrogens with zero attached hydrogens (tertiary/aromatic N) is 2. The van der Waals surface area contributed by atoms with Gasteiger partial charge in [0.1, 0.15) is 0 Å². The van der Waals surface area contributed by atoms with E-state index in [1.54, 1.807) is 24.3 Å². The molecule has 6 rings (SSSR count). The quantitative estimate of drug-likeness (QED) is 0.323. The highest BCUT2D eigenvalue weighted by atomic mass is 16.2. The first-order valence-corrected chi connectivity index (χ1v) is 15.8. The number of carbonyl (C=O) groups is 4. The molecule has 0 aromatic heterocycles. The van der Waals surface area contributed by atoms with E-state index in [0.717, 1.165) is 77.0 Å². The molecular formula is C34H42N2O4. The van der Waals surface area contributed by atoms with Gasteiger partial charge in [-0.25, -0.2) is 0 Å². The van der Waals surface area contributed by atoms with Gasteiger partial charge in [-0.05, 0) is 74.6 Å². The van der Waals surface area contributed by atoms with Gasteiger partial charge < -0.3 is 0 Å². The van der Waals surface area contributed by atoms with Crippen molar-refractivity contribution in [1.29, 1.82) is 0 Å². The van der Waals surface area contributed by atoms with Crippen LogP contribution in [0.4, 0.5) is 0 Å². The van der Waals surface area contributed by atoms with Crippen LogP contribution in [0.1, 0.15) is 145 Å². The van der Waals surface area contributed by atoms with Gasteiger partial charge in [0, 0.05) is 45.1 Å². The molecular weight excluding hydrogens is 500 g/mol. The topological polar surface area (TPSA) is 74.8 Å². The van der Waals surface area contributed by atoms with Crippen LogP contribution in [0.5, 0.6) is 0 Å². The van der Waals surface area contributed by atoms with E-state index in [1.807, 2.05) is 0 Å². The van der Waals surface area contributed by atoms with Gasteiger partial charge in [0.2, 0.25) is 0 Å². The molecule has 2 atom stereocenters. The zero-order valence-corrected chi connectivity index (χ0v) is 24.0. The second kappa shape index (κ2) is 11.1. The van der Waals surface area contributed by atoms with Crippen molar-refractivity contribution in [1.82, 2.24) is 9.80 Å². The van der Waals surface area contributed by atoms with E-state index in [1.165, 1.54) is 22.6 Å². The summed E-state index contributed by atoms with van der Waals surface area (Å²) < 4.78 is 0. The molecule has 2 aromatic rings. The fraction of sp³-hybridized carbons (Fsp3) is 0.588. The molecule has 4 amide bonds. The van der Waals surface area contributed by atoms with E-state index in [0.29, 0.717) is 44.9 Å².